The molecule has 1 aliphatic rings. The number of piperidine rings is 1. The van der Waals surface area contributed by atoms with Crippen LogP contribution >= 0.6 is 0 Å². The third-order valence-corrected chi connectivity index (χ3v) is 4.84. The largest absolute Gasteiger partial charge is 0.404 e. The minimum atomic E-state index is -2.58. The van der Waals surface area contributed by atoms with Gasteiger partial charge in [-0.3, -0.25) is 4.98 Å². The average molecular weight is 388 g/mol. The van der Waals surface area contributed by atoms with Gasteiger partial charge in [-0.25, -0.2) is 13.8 Å². The van der Waals surface area contributed by atoms with Gasteiger partial charge in [-0.05, 0) is 42.0 Å². The number of rotatable bonds is 5. The van der Waals surface area contributed by atoms with E-state index in [9.17, 15) is 8.78 Å². The zero-order valence-electron chi connectivity index (χ0n) is 16.1. The van der Waals surface area contributed by atoms with E-state index in [2.05, 4.69) is 15.3 Å². The molecule has 6 nitrogen and oxygen atoms in total. The quantitative estimate of drug-likeness (QED) is 0.678. The van der Waals surface area contributed by atoms with Crippen molar-refractivity contribution in [3.63, 3.8) is 0 Å². The number of nitrogens with zero attached hydrogens (tertiary/aromatic N) is 3. The summed E-state index contributed by atoms with van der Waals surface area (Å²) in [5.74, 6) is -1.32. The van der Waals surface area contributed by atoms with Crippen molar-refractivity contribution in [2.24, 2.45) is 17.4 Å². The summed E-state index contributed by atoms with van der Waals surface area (Å²) in [6, 6.07) is 5.50. The summed E-state index contributed by atoms with van der Waals surface area (Å²) in [6.07, 6.45) is 4.72. The molecule has 0 bridgehead atoms. The number of fused-ring (bicyclic) bond motifs is 1. The summed E-state index contributed by atoms with van der Waals surface area (Å²) in [7, 11) is 0. The van der Waals surface area contributed by atoms with Crippen LogP contribution in [0.25, 0.3) is 11.0 Å². The number of hydrogen-bond acceptors (Lipinski definition) is 6. The molecule has 28 heavy (non-hydrogen) atoms. The topological polar surface area (TPSA) is 93.1 Å². The van der Waals surface area contributed by atoms with Crippen LogP contribution in [0.5, 0.6) is 0 Å². The van der Waals surface area contributed by atoms with Crippen LogP contribution in [-0.2, 0) is 0 Å². The molecule has 150 valence electrons. The molecule has 0 unspecified atom stereocenters. The molecule has 0 aliphatic carbocycles. The number of hydrogen-bond donors (Lipinski definition) is 3. The molecule has 0 aromatic carbocycles. The maximum absolute atomic E-state index is 13.4. The van der Waals surface area contributed by atoms with Gasteiger partial charge in [0, 0.05) is 25.9 Å². The van der Waals surface area contributed by atoms with Crippen LogP contribution in [0.3, 0.4) is 0 Å². The molecule has 3 heterocycles. The molecule has 1 fully saturated rings. The normalized spacial score (nSPS) is 18.0. The molecule has 8 heteroatoms. The maximum Gasteiger partial charge on any atom is 0.251 e. The highest BCUT2D eigenvalue weighted by atomic mass is 19.3. The first-order chi connectivity index (χ1) is 13.3. The lowest BCUT2D eigenvalue weighted by Crippen LogP contribution is -2.39. The molecule has 0 amide bonds. The molecule has 0 radical (unpaired) electrons. The minimum absolute atomic E-state index is 0.145. The molecule has 0 spiro atoms. The van der Waals surface area contributed by atoms with Gasteiger partial charge in [0.1, 0.15) is 11.6 Å². The zero-order valence-corrected chi connectivity index (χ0v) is 16.1. The van der Waals surface area contributed by atoms with Crippen molar-refractivity contribution in [3.8, 4) is 0 Å². The van der Waals surface area contributed by atoms with Crippen LogP contribution in [0.1, 0.15) is 26.7 Å². The molecule has 2 aromatic rings. The molecule has 5 N–H and O–H groups in total. The Morgan fingerprint density at radius 1 is 1.25 bits per heavy atom. The standard InChI is InChI=1S/C20H26F2N6/c1-13(2)14(11-23)9-18(24)27-19-4-3-16-17(26-19)10-15(12-25-16)28-7-5-20(21,22)6-8-28/h3-4,9-13H,5-8,23-24H2,1-2H3,(H,26,27)/b14-11+,18-9+. The Hall–Kier alpha value is -2.90. The molecule has 1 saturated heterocycles. The summed E-state index contributed by atoms with van der Waals surface area (Å²) in [5, 5.41) is 3.05. The number of nitrogens with two attached hydrogens (primary N) is 2. The highest BCUT2D eigenvalue weighted by molar-refractivity contribution is 5.79. The maximum atomic E-state index is 13.4. The number of aromatic nitrogens is 2. The molecule has 0 saturated carbocycles. The predicted molar refractivity (Wildman–Crippen MR) is 109 cm³/mol. The summed E-state index contributed by atoms with van der Waals surface area (Å²) in [6.45, 7) is 4.66. The van der Waals surface area contributed by atoms with Gasteiger partial charge in [0.2, 0.25) is 0 Å². The van der Waals surface area contributed by atoms with Crippen molar-refractivity contribution in [2.75, 3.05) is 23.3 Å². The monoisotopic (exact) mass is 388 g/mol. The van der Waals surface area contributed by atoms with E-state index < -0.39 is 5.92 Å². The molecule has 2 aromatic heterocycles. The molecular formula is C20H26F2N6. The van der Waals surface area contributed by atoms with E-state index in [4.69, 9.17) is 11.5 Å². The number of halogens is 2. The SMILES string of the molecule is CC(C)C(=C/N)/C=C(\N)Nc1ccc2ncc(N3CCC(F)(F)CC3)cc2n1. The number of anilines is 2. The van der Waals surface area contributed by atoms with Crippen LogP contribution < -0.4 is 21.7 Å². The fourth-order valence-electron chi connectivity index (χ4n) is 3.10. The van der Waals surface area contributed by atoms with Crippen molar-refractivity contribution in [1.29, 1.82) is 0 Å². The van der Waals surface area contributed by atoms with Gasteiger partial charge >= 0.3 is 0 Å². The molecule has 1 aliphatic heterocycles. The molecule has 0 atom stereocenters. The summed E-state index contributed by atoms with van der Waals surface area (Å²) in [4.78, 5) is 10.9. The second-order valence-corrected chi connectivity index (χ2v) is 7.32. The first kappa shape index (κ1) is 19.9. The number of pyridine rings is 2. The summed E-state index contributed by atoms with van der Waals surface area (Å²) < 4.78 is 26.8. The van der Waals surface area contributed by atoms with Gasteiger partial charge in [0.15, 0.2) is 0 Å². The minimum Gasteiger partial charge on any atom is -0.404 e. The molecule has 3 rings (SSSR count). The van der Waals surface area contributed by atoms with Crippen molar-refractivity contribution >= 4 is 22.5 Å². The smallest absolute Gasteiger partial charge is 0.251 e. The number of alkyl halides is 2. The second kappa shape index (κ2) is 8.00. The van der Waals surface area contributed by atoms with E-state index in [0.29, 0.717) is 30.2 Å². The Balaban J connectivity index is 1.80. The van der Waals surface area contributed by atoms with Crippen molar-refractivity contribution in [2.45, 2.75) is 32.6 Å². The lowest BCUT2D eigenvalue weighted by molar-refractivity contribution is -0.0220. The first-order valence-electron chi connectivity index (χ1n) is 9.33. The fraction of sp³-hybridized carbons (Fsp3) is 0.400. The van der Waals surface area contributed by atoms with Crippen molar-refractivity contribution in [3.05, 3.63) is 48.1 Å². The van der Waals surface area contributed by atoms with E-state index in [1.54, 1.807) is 18.3 Å². The van der Waals surface area contributed by atoms with E-state index in [1.165, 1.54) is 6.20 Å². The molecular weight excluding hydrogens is 362 g/mol. The van der Waals surface area contributed by atoms with Crippen LogP contribution in [0.4, 0.5) is 20.3 Å². The van der Waals surface area contributed by atoms with Crippen LogP contribution in [0, 0.1) is 5.92 Å². The Labute approximate surface area is 163 Å². The second-order valence-electron chi connectivity index (χ2n) is 7.32. The van der Waals surface area contributed by atoms with Crippen molar-refractivity contribution < 1.29 is 8.78 Å². The Kier molecular flexibility index (Phi) is 5.67. The Bertz CT molecular complexity index is 897. The average Bonchev–Trinajstić information content (AvgIpc) is 2.65. The van der Waals surface area contributed by atoms with E-state index in [-0.39, 0.29) is 18.8 Å². The Morgan fingerprint density at radius 2 is 1.96 bits per heavy atom. The van der Waals surface area contributed by atoms with E-state index in [0.717, 1.165) is 16.8 Å². The van der Waals surface area contributed by atoms with Gasteiger partial charge in [-0.2, -0.15) is 0 Å². The third kappa shape index (κ3) is 4.68. The van der Waals surface area contributed by atoms with Crippen LogP contribution in [-0.4, -0.2) is 29.0 Å². The van der Waals surface area contributed by atoms with Crippen LogP contribution in [0.2, 0.25) is 0 Å². The van der Waals surface area contributed by atoms with Gasteiger partial charge in [-0.1, -0.05) is 13.8 Å². The first-order valence-corrected chi connectivity index (χ1v) is 9.33. The van der Waals surface area contributed by atoms with Crippen LogP contribution in [0.15, 0.2) is 48.1 Å². The van der Waals surface area contributed by atoms with E-state index >= 15 is 0 Å². The zero-order chi connectivity index (χ0) is 20.3. The lowest BCUT2D eigenvalue weighted by atomic mass is 10.0. The van der Waals surface area contributed by atoms with Gasteiger partial charge in [0.05, 0.1) is 22.9 Å². The highest BCUT2D eigenvalue weighted by Gasteiger charge is 2.34. The summed E-state index contributed by atoms with van der Waals surface area (Å²) >= 11 is 0. The lowest BCUT2D eigenvalue weighted by Gasteiger charge is -2.33. The van der Waals surface area contributed by atoms with Gasteiger partial charge in [0.25, 0.3) is 5.92 Å². The fourth-order valence-corrected chi connectivity index (χ4v) is 3.10. The predicted octanol–water partition coefficient (Wildman–Crippen LogP) is 3.58. The number of nitrogens with one attached hydrogen (secondary N) is 1. The summed E-state index contributed by atoms with van der Waals surface area (Å²) in [5.41, 5.74) is 14.8. The van der Waals surface area contributed by atoms with Gasteiger partial charge in [-0.15, -0.1) is 0 Å². The van der Waals surface area contributed by atoms with Crippen molar-refractivity contribution in [1.82, 2.24) is 9.97 Å². The Morgan fingerprint density at radius 3 is 2.61 bits per heavy atom. The van der Waals surface area contributed by atoms with Gasteiger partial charge < -0.3 is 21.7 Å². The van der Waals surface area contributed by atoms with E-state index in [1.807, 2.05) is 30.9 Å². The number of allylic oxidation sites excluding steroid dienone is 2. The highest BCUT2D eigenvalue weighted by Crippen LogP contribution is 2.31. The third-order valence-electron chi connectivity index (χ3n) is 4.84.